The number of rotatable bonds is 3. The van der Waals surface area contributed by atoms with Gasteiger partial charge in [-0.2, -0.15) is 0 Å². The van der Waals surface area contributed by atoms with Crippen LogP contribution in [0.1, 0.15) is 0 Å². The number of hydrogen-bond acceptors (Lipinski definition) is 2. The Balaban J connectivity index is 2.05. The van der Waals surface area contributed by atoms with E-state index in [1.54, 1.807) is 0 Å². The molecule has 0 radical (unpaired) electrons. The number of nitrogens with one attached hydrogen (secondary N) is 2. The Labute approximate surface area is 112 Å². The highest BCUT2D eigenvalue weighted by Gasteiger charge is 2.09. The Bertz CT molecular complexity index is 700. The number of fused-ring (bicyclic) bond motifs is 1. The molecule has 2 N–H and O–H groups in total. The average Bonchev–Trinajstić information content (AvgIpc) is 2.90. The number of anilines is 3. The number of nitrogens with zero attached hydrogens (tertiary/aromatic N) is 1. The molecule has 0 unspecified atom stereocenters. The van der Waals surface area contributed by atoms with Gasteiger partial charge in [0.25, 0.3) is 0 Å². The fourth-order valence-corrected chi connectivity index (χ4v) is 2.34. The monoisotopic (exact) mass is 251 g/mol. The molecule has 0 aliphatic heterocycles. The maximum atomic E-state index is 3.31. The van der Waals surface area contributed by atoms with Crippen molar-refractivity contribution in [2.24, 2.45) is 0 Å². The molecule has 0 saturated heterocycles. The Kier molecular flexibility index (Phi) is 2.88. The third-order valence-corrected chi connectivity index (χ3v) is 3.45. The zero-order chi connectivity index (χ0) is 13.2. The van der Waals surface area contributed by atoms with E-state index in [1.807, 2.05) is 13.1 Å². The molecule has 1 aromatic heterocycles. The van der Waals surface area contributed by atoms with Gasteiger partial charge in [-0.25, -0.2) is 0 Å². The summed E-state index contributed by atoms with van der Waals surface area (Å²) in [6.45, 7) is 0. The van der Waals surface area contributed by atoms with E-state index in [1.165, 1.54) is 11.1 Å². The zero-order valence-corrected chi connectivity index (χ0v) is 11.1. The molecule has 3 aromatic rings. The summed E-state index contributed by atoms with van der Waals surface area (Å²) in [5, 5.41) is 4.41. The molecule has 0 saturated carbocycles. The Morgan fingerprint density at radius 3 is 2.74 bits per heavy atom. The second-order valence-electron chi connectivity index (χ2n) is 4.58. The molecule has 0 aliphatic rings. The molecular formula is C16H17N3. The number of para-hydroxylation sites is 1. The number of hydrogen-bond donors (Lipinski definition) is 2. The first-order valence-corrected chi connectivity index (χ1v) is 6.37. The summed E-state index contributed by atoms with van der Waals surface area (Å²) >= 11 is 0. The van der Waals surface area contributed by atoms with E-state index < -0.39 is 0 Å². The van der Waals surface area contributed by atoms with Crippen LogP contribution in [0.5, 0.6) is 0 Å². The van der Waals surface area contributed by atoms with E-state index in [4.69, 9.17) is 0 Å². The van der Waals surface area contributed by atoms with Crippen LogP contribution in [0.15, 0.2) is 54.7 Å². The van der Waals surface area contributed by atoms with Crippen molar-refractivity contribution in [3.05, 3.63) is 54.7 Å². The summed E-state index contributed by atoms with van der Waals surface area (Å²) in [7, 11) is 4.02. The highest BCUT2D eigenvalue weighted by molar-refractivity contribution is 5.94. The van der Waals surface area contributed by atoms with Gasteiger partial charge in [0.05, 0.1) is 5.69 Å². The fraction of sp³-hybridized carbons (Fsp3) is 0.125. The van der Waals surface area contributed by atoms with Gasteiger partial charge in [0.2, 0.25) is 0 Å². The number of benzene rings is 2. The summed E-state index contributed by atoms with van der Waals surface area (Å²) in [6, 6.07) is 16.7. The van der Waals surface area contributed by atoms with Crippen molar-refractivity contribution >= 4 is 28.0 Å². The van der Waals surface area contributed by atoms with Crippen LogP contribution < -0.4 is 10.2 Å². The zero-order valence-electron chi connectivity index (χ0n) is 11.1. The van der Waals surface area contributed by atoms with Gasteiger partial charge in [-0.1, -0.05) is 24.3 Å². The van der Waals surface area contributed by atoms with E-state index >= 15 is 0 Å². The van der Waals surface area contributed by atoms with Gasteiger partial charge in [-0.3, -0.25) is 0 Å². The van der Waals surface area contributed by atoms with Gasteiger partial charge in [0.1, 0.15) is 0 Å². The Morgan fingerprint density at radius 1 is 1.05 bits per heavy atom. The predicted molar refractivity (Wildman–Crippen MR) is 82.4 cm³/mol. The molecule has 0 bridgehead atoms. The third kappa shape index (κ3) is 2.03. The van der Waals surface area contributed by atoms with Crippen LogP contribution in [0.25, 0.3) is 10.9 Å². The van der Waals surface area contributed by atoms with Crippen molar-refractivity contribution in [1.29, 1.82) is 0 Å². The molecule has 3 nitrogen and oxygen atoms in total. The molecule has 0 atom stereocenters. The molecule has 3 heteroatoms. The van der Waals surface area contributed by atoms with Gasteiger partial charge < -0.3 is 15.2 Å². The second kappa shape index (κ2) is 4.69. The van der Waals surface area contributed by atoms with Gasteiger partial charge in [-0.05, 0) is 24.3 Å². The van der Waals surface area contributed by atoms with Gasteiger partial charge >= 0.3 is 0 Å². The Morgan fingerprint density at radius 2 is 1.89 bits per heavy atom. The number of aromatic amines is 1. The minimum Gasteiger partial charge on any atom is -0.388 e. The lowest BCUT2D eigenvalue weighted by Crippen LogP contribution is -2.09. The van der Waals surface area contributed by atoms with Gasteiger partial charge in [-0.15, -0.1) is 0 Å². The van der Waals surface area contributed by atoms with E-state index in [9.17, 15) is 0 Å². The van der Waals surface area contributed by atoms with E-state index in [0.717, 1.165) is 16.9 Å². The molecule has 0 aliphatic carbocycles. The first-order chi connectivity index (χ1) is 9.29. The summed E-state index contributed by atoms with van der Waals surface area (Å²) in [5.74, 6) is 0. The number of H-pyrrole nitrogens is 1. The normalized spacial score (nSPS) is 10.6. The molecule has 2 aromatic carbocycles. The minimum absolute atomic E-state index is 1.11. The summed E-state index contributed by atoms with van der Waals surface area (Å²) in [5.41, 5.74) is 4.62. The number of aromatic nitrogens is 1. The molecule has 0 amide bonds. The molecule has 96 valence electrons. The van der Waals surface area contributed by atoms with Crippen LogP contribution in [-0.2, 0) is 0 Å². The van der Waals surface area contributed by atoms with Crippen molar-refractivity contribution in [2.45, 2.75) is 0 Å². The van der Waals surface area contributed by atoms with Crippen LogP contribution >= 0.6 is 0 Å². The highest BCUT2D eigenvalue weighted by atomic mass is 15.1. The average molecular weight is 251 g/mol. The van der Waals surface area contributed by atoms with Crippen LogP contribution in [0, 0.1) is 0 Å². The highest BCUT2D eigenvalue weighted by Crippen LogP contribution is 2.31. The molecule has 0 fully saturated rings. The van der Waals surface area contributed by atoms with Crippen LogP contribution in [0.4, 0.5) is 17.1 Å². The second-order valence-corrected chi connectivity index (χ2v) is 4.58. The maximum absolute atomic E-state index is 3.31. The largest absolute Gasteiger partial charge is 0.388 e. The lowest BCUT2D eigenvalue weighted by Gasteiger charge is -2.19. The van der Waals surface area contributed by atoms with Gasteiger partial charge in [0.15, 0.2) is 0 Å². The van der Waals surface area contributed by atoms with Crippen LogP contribution in [0.3, 0.4) is 0 Å². The quantitative estimate of drug-likeness (QED) is 0.737. The van der Waals surface area contributed by atoms with Crippen LogP contribution in [-0.4, -0.2) is 19.1 Å². The molecular weight excluding hydrogens is 234 g/mol. The maximum Gasteiger partial charge on any atom is 0.0665 e. The van der Waals surface area contributed by atoms with Crippen molar-refractivity contribution in [3.8, 4) is 0 Å². The van der Waals surface area contributed by atoms with E-state index in [2.05, 4.69) is 70.9 Å². The van der Waals surface area contributed by atoms with E-state index in [-0.39, 0.29) is 0 Å². The van der Waals surface area contributed by atoms with Crippen molar-refractivity contribution in [1.82, 2.24) is 4.98 Å². The first-order valence-electron chi connectivity index (χ1n) is 6.37. The van der Waals surface area contributed by atoms with Gasteiger partial charge in [0, 0.05) is 42.6 Å². The smallest absolute Gasteiger partial charge is 0.0665 e. The van der Waals surface area contributed by atoms with Crippen LogP contribution in [0.2, 0.25) is 0 Å². The summed E-state index contributed by atoms with van der Waals surface area (Å²) in [4.78, 5) is 5.50. The summed E-state index contributed by atoms with van der Waals surface area (Å²) in [6.07, 6.45) is 2.05. The minimum atomic E-state index is 1.11. The van der Waals surface area contributed by atoms with Crippen molar-refractivity contribution in [3.63, 3.8) is 0 Å². The van der Waals surface area contributed by atoms with Crippen molar-refractivity contribution in [2.75, 3.05) is 24.3 Å². The first kappa shape index (κ1) is 11.7. The lowest BCUT2D eigenvalue weighted by molar-refractivity contribution is 1.22. The molecule has 0 spiro atoms. The lowest BCUT2D eigenvalue weighted by atomic mass is 10.2. The topological polar surface area (TPSA) is 31.1 Å². The molecule has 3 rings (SSSR count). The standard InChI is InChI=1S/C16H17N3/c1-17-12-6-5-7-13(10-12)19(2)16-11-18-15-9-4-3-8-14(15)16/h3-11,17-18H,1-2H3. The SMILES string of the molecule is CNc1cccc(N(C)c2c[nH]c3ccccc23)c1. The predicted octanol–water partition coefficient (Wildman–Crippen LogP) is 3.98. The molecule has 19 heavy (non-hydrogen) atoms. The van der Waals surface area contributed by atoms with E-state index in [0.29, 0.717) is 0 Å². The van der Waals surface area contributed by atoms with Crippen molar-refractivity contribution < 1.29 is 0 Å². The summed E-state index contributed by atoms with van der Waals surface area (Å²) < 4.78 is 0. The molecule has 1 heterocycles. The fourth-order valence-electron chi connectivity index (χ4n) is 2.34. The third-order valence-electron chi connectivity index (χ3n) is 3.45. The Hall–Kier alpha value is -2.42.